The van der Waals surface area contributed by atoms with Gasteiger partial charge in [0.2, 0.25) is 10.0 Å². The van der Waals surface area contributed by atoms with Crippen LogP contribution in [0, 0.1) is 5.92 Å². The van der Waals surface area contributed by atoms with Crippen molar-refractivity contribution in [2.75, 3.05) is 26.8 Å². The Hall–Kier alpha value is -0.950. The standard InChI is InChI=1S/C15H23NO4S/c1-20-11-15-3-2-8-16(9-15)21(18,19)12-14-6-4-13(10-17)5-7-14/h4-7,15,17H,2-3,8-12H2,1H3. The Labute approximate surface area is 126 Å². The summed E-state index contributed by atoms with van der Waals surface area (Å²) in [6.45, 7) is 1.72. The van der Waals surface area contributed by atoms with Gasteiger partial charge in [0.25, 0.3) is 0 Å². The van der Waals surface area contributed by atoms with Crippen LogP contribution in [-0.2, 0) is 27.1 Å². The maximum Gasteiger partial charge on any atom is 0.218 e. The van der Waals surface area contributed by atoms with Crippen LogP contribution >= 0.6 is 0 Å². The minimum Gasteiger partial charge on any atom is -0.392 e. The summed E-state index contributed by atoms with van der Waals surface area (Å²) in [4.78, 5) is 0. The van der Waals surface area contributed by atoms with E-state index in [0.29, 0.717) is 19.7 Å². The predicted molar refractivity (Wildman–Crippen MR) is 81.2 cm³/mol. The van der Waals surface area contributed by atoms with Crippen LogP contribution in [0.25, 0.3) is 0 Å². The van der Waals surface area contributed by atoms with E-state index in [-0.39, 0.29) is 18.3 Å². The summed E-state index contributed by atoms with van der Waals surface area (Å²) in [5.41, 5.74) is 1.54. The number of aliphatic hydroxyl groups excluding tert-OH is 1. The lowest BCUT2D eigenvalue weighted by Crippen LogP contribution is -2.41. The minimum atomic E-state index is -3.29. The van der Waals surface area contributed by atoms with Crippen molar-refractivity contribution in [1.29, 1.82) is 0 Å². The van der Waals surface area contributed by atoms with E-state index in [0.717, 1.165) is 24.0 Å². The molecule has 118 valence electrons. The lowest BCUT2D eigenvalue weighted by atomic mass is 10.0. The summed E-state index contributed by atoms with van der Waals surface area (Å²) < 4.78 is 31.7. The van der Waals surface area contributed by atoms with Gasteiger partial charge in [-0.05, 0) is 29.9 Å². The van der Waals surface area contributed by atoms with Crippen LogP contribution in [0.3, 0.4) is 0 Å². The number of benzene rings is 1. The Kier molecular flexibility index (Phi) is 5.75. The molecule has 1 aliphatic rings. The fourth-order valence-electron chi connectivity index (χ4n) is 2.69. The van der Waals surface area contributed by atoms with Gasteiger partial charge >= 0.3 is 0 Å². The average Bonchev–Trinajstić information content (AvgIpc) is 2.48. The molecule has 1 aromatic carbocycles. The van der Waals surface area contributed by atoms with Gasteiger partial charge in [0.15, 0.2) is 0 Å². The Bertz CT molecular complexity index is 539. The number of hydrogen-bond donors (Lipinski definition) is 1. The van der Waals surface area contributed by atoms with Crippen LogP contribution < -0.4 is 0 Å². The first-order valence-electron chi connectivity index (χ1n) is 7.20. The molecular weight excluding hydrogens is 290 g/mol. The summed E-state index contributed by atoms with van der Waals surface area (Å²) in [5, 5.41) is 9.01. The normalized spacial score (nSPS) is 20.6. The highest BCUT2D eigenvalue weighted by molar-refractivity contribution is 7.88. The second-order valence-corrected chi connectivity index (χ2v) is 7.52. The van der Waals surface area contributed by atoms with Gasteiger partial charge in [0, 0.05) is 20.2 Å². The lowest BCUT2D eigenvalue weighted by molar-refractivity contribution is 0.118. The first-order chi connectivity index (χ1) is 10.0. The van der Waals surface area contributed by atoms with E-state index >= 15 is 0 Å². The second-order valence-electron chi connectivity index (χ2n) is 5.55. The van der Waals surface area contributed by atoms with E-state index in [1.165, 1.54) is 0 Å². The molecule has 1 aromatic rings. The van der Waals surface area contributed by atoms with Gasteiger partial charge in [0.1, 0.15) is 0 Å². The average molecular weight is 313 g/mol. The quantitative estimate of drug-likeness (QED) is 0.861. The van der Waals surface area contributed by atoms with Crippen LogP contribution in [0.5, 0.6) is 0 Å². The SMILES string of the molecule is COCC1CCCN(S(=O)(=O)Cc2ccc(CO)cc2)C1. The van der Waals surface area contributed by atoms with Gasteiger partial charge in [-0.3, -0.25) is 0 Å². The highest BCUT2D eigenvalue weighted by atomic mass is 32.2. The number of rotatable bonds is 6. The molecule has 0 saturated carbocycles. The molecule has 1 heterocycles. The Balaban J connectivity index is 2.03. The fraction of sp³-hybridized carbons (Fsp3) is 0.600. The van der Waals surface area contributed by atoms with E-state index in [2.05, 4.69) is 0 Å². The molecule has 1 atom stereocenters. The van der Waals surface area contributed by atoms with Crippen molar-refractivity contribution in [1.82, 2.24) is 4.31 Å². The highest BCUT2D eigenvalue weighted by Gasteiger charge is 2.28. The summed E-state index contributed by atoms with van der Waals surface area (Å²) in [6.07, 6.45) is 1.90. The molecule has 21 heavy (non-hydrogen) atoms. The molecule has 1 unspecified atom stereocenters. The molecule has 0 bridgehead atoms. The molecule has 1 saturated heterocycles. The van der Waals surface area contributed by atoms with E-state index in [9.17, 15) is 8.42 Å². The summed E-state index contributed by atoms with van der Waals surface area (Å²) >= 11 is 0. The Morgan fingerprint density at radius 1 is 1.29 bits per heavy atom. The third-order valence-electron chi connectivity index (χ3n) is 3.83. The second kappa shape index (κ2) is 7.35. The molecule has 0 amide bonds. The zero-order chi connectivity index (χ0) is 15.3. The van der Waals surface area contributed by atoms with Gasteiger partial charge in [-0.15, -0.1) is 0 Å². The molecule has 0 spiro atoms. The third-order valence-corrected chi connectivity index (χ3v) is 5.65. The van der Waals surface area contributed by atoms with Gasteiger partial charge in [-0.25, -0.2) is 12.7 Å². The largest absolute Gasteiger partial charge is 0.392 e. The van der Waals surface area contributed by atoms with Gasteiger partial charge in [-0.1, -0.05) is 24.3 Å². The maximum absolute atomic E-state index is 12.5. The molecule has 0 aliphatic carbocycles. The number of ether oxygens (including phenoxy) is 1. The van der Waals surface area contributed by atoms with Gasteiger partial charge in [0.05, 0.1) is 19.0 Å². The van der Waals surface area contributed by atoms with Crippen molar-refractivity contribution >= 4 is 10.0 Å². The third kappa shape index (κ3) is 4.51. The number of aliphatic hydroxyl groups is 1. The van der Waals surface area contributed by atoms with Crippen molar-refractivity contribution in [2.24, 2.45) is 5.92 Å². The van der Waals surface area contributed by atoms with Gasteiger partial charge < -0.3 is 9.84 Å². The van der Waals surface area contributed by atoms with E-state index in [4.69, 9.17) is 9.84 Å². The van der Waals surface area contributed by atoms with Crippen molar-refractivity contribution in [3.8, 4) is 0 Å². The van der Waals surface area contributed by atoms with E-state index in [1.54, 1.807) is 35.7 Å². The van der Waals surface area contributed by atoms with E-state index in [1.807, 2.05) is 0 Å². The highest BCUT2D eigenvalue weighted by Crippen LogP contribution is 2.21. The maximum atomic E-state index is 12.5. The van der Waals surface area contributed by atoms with Crippen LogP contribution in [0.4, 0.5) is 0 Å². The molecule has 2 rings (SSSR count). The van der Waals surface area contributed by atoms with Crippen molar-refractivity contribution in [3.05, 3.63) is 35.4 Å². The minimum absolute atomic E-state index is 0.0123. The molecular formula is C15H23NO4S. The lowest BCUT2D eigenvalue weighted by Gasteiger charge is -2.31. The number of piperidine rings is 1. The predicted octanol–water partition coefficient (Wildman–Crippen LogP) is 1.37. The summed E-state index contributed by atoms with van der Waals surface area (Å²) in [6, 6.07) is 7.04. The Morgan fingerprint density at radius 3 is 2.57 bits per heavy atom. The first kappa shape index (κ1) is 16.4. The van der Waals surface area contributed by atoms with Crippen molar-refractivity contribution < 1.29 is 18.3 Å². The van der Waals surface area contributed by atoms with Gasteiger partial charge in [-0.2, -0.15) is 0 Å². The monoisotopic (exact) mass is 313 g/mol. The Morgan fingerprint density at radius 2 is 1.95 bits per heavy atom. The topological polar surface area (TPSA) is 66.8 Å². The van der Waals surface area contributed by atoms with Crippen molar-refractivity contribution in [2.45, 2.75) is 25.2 Å². The summed E-state index contributed by atoms with van der Waals surface area (Å²) in [7, 11) is -1.64. The van der Waals surface area contributed by atoms with Crippen molar-refractivity contribution in [3.63, 3.8) is 0 Å². The fourth-order valence-corrected chi connectivity index (χ4v) is 4.34. The number of methoxy groups -OCH3 is 1. The smallest absolute Gasteiger partial charge is 0.218 e. The molecule has 1 fully saturated rings. The summed E-state index contributed by atoms with van der Waals surface area (Å²) in [5.74, 6) is 0.300. The molecule has 0 aromatic heterocycles. The van der Waals surface area contributed by atoms with Crippen LogP contribution in [-0.4, -0.2) is 44.6 Å². The first-order valence-corrected chi connectivity index (χ1v) is 8.81. The molecule has 1 aliphatic heterocycles. The number of nitrogens with zero attached hydrogens (tertiary/aromatic N) is 1. The van der Waals surface area contributed by atoms with Crippen LogP contribution in [0.1, 0.15) is 24.0 Å². The molecule has 0 radical (unpaired) electrons. The molecule has 6 heteroatoms. The molecule has 5 nitrogen and oxygen atoms in total. The van der Waals surface area contributed by atoms with E-state index < -0.39 is 10.0 Å². The van der Waals surface area contributed by atoms with Crippen LogP contribution in [0.15, 0.2) is 24.3 Å². The number of hydrogen-bond acceptors (Lipinski definition) is 4. The zero-order valence-corrected chi connectivity index (χ0v) is 13.2. The van der Waals surface area contributed by atoms with Crippen LogP contribution in [0.2, 0.25) is 0 Å². The number of sulfonamides is 1. The zero-order valence-electron chi connectivity index (χ0n) is 12.4. The molecule has 1 N–H and O–H groups in total.